The minimum atomic E-state index is -3.76. The number of aryl methyl sites for hydroxylation is 1. The fourth-order valence-corrected chi connectivity index (χ4v) is 5.10. The van der Waals surface area contributed by atoms with E-state index < -0.39 is 10.1 Å². The molecule has 0 N–H and O–H groups in total. The van der Waals surface area contributed by atoms with Crippen LogP contribution < -0.4 is 4.90 Å². The number of hydrogen-bond donors (Lipinski definition) is 0. The molecule has 1 atom stereocenters. The minimum Gasteiger partial charge on any atom is -0.340 e. The summed E-state index contributed by atoms with van der Waals surface area (Å²) in [5, 5.41) is 2.36. The summed E-state index contributed by atoms with van der Waals surface area (Å²) in [7, 11) is -3.76. The fraction of sp³-hybridized carbons (Fsp3) is 0.231. The summed E-state index contributed by atoms with van der Waals surface area (Å²) >= 11 is 0. The first-order valence-electron chi connectivity index (χ1n) is 11.0. The van der Waals surface area contributed by atoms with E-state index in [9.17, 15) is 8.42 Å². The third kappa shape index (κ3) is 4.74. The summed E-state index contributed by atoms with van der Waals surface area (Å²) in [6, 6.07) is 23.2. The predicted octanol–water partition coefficient (Wildman–Crippen LogP) is 4.84. The Labute approximate surface area is 194 Å². The van der Waals surface area contributed by atoms with E-state index in [2.05, 4.69) is 40.2 Å². The van der Waals surface area contributed by atoms with Crippen LogP contribution in [0.1, 0.15) is 12.0 Å². The van der Waals surface area contributed by atoms with Gasteiger partial charge in [0.1, 0.15) is 0 Å². The molecule has 2 heterocycles. The van der Waals surface area contributed by atoms with Crippen LogP contribution in [0.25, 0.3) is 22.0 Å². The van der Waals surface area contributed by atoms with Gasteiger partial charge in [0.15, 0.2) is 0 Å². The highest BCUT2D eigenvalue weighted by atomic mass is 32.2. The summed E-state index contributed by atoms with van der Waals surface area (Å²) in [4.78, 5) is 11.5. The van der Waals surface area contributed by atoms with Gasteiger partial charge in [-0.05, 0) is 48.4 Å². The lowest BCUT2D eigenvalue weighted by molar-refractivity contribution is 0.265. The maximum atomic E-state index is 12.5. The predicted molar refractivity (Wildman–Crippen MR) is 130 cm³/mol. The molecule has 6 nitrogen and oxygen atoms in total. The quantitative estimate of drug-likeness (QED) is 0.384. The van der Waals surface area contributed by atoms with Crippen LogP contribution in [0.2, 0.25) is 0 Å². The van der Waals surface area contributed by atoms with Crippen molar-refractivity contribution in [2.24, 2.45) is 5.92 Å². The number of hydrogen-bond acceptors (Lipinski definition) is 6. The molecular weight excluding hydrogens is 434 g/mol. The molecule has 4 aromatic rings. The van der Waals surface area contributed by atoms with Gasteiger partial charge in [-0.3, -0.25) is 4.18 Å². The zero-order valence-corrected chi connectivity index (χ0v) is 19.2. The Morgan fingerprint density at radius 1 is 1.00 bits per heavy atom. The lowest BCUT2D eigenvalue weighted by Gasteiger charge is -2.17. The van der Waals surface area contributed by atoms with Crippen LogP contribution in [-0.2, 0) is 14.3 Å². The van der Waals surface area contributed by atoms with E-state index in [4.69, 9.17) is 9.17 Å². The van der Waals surface area contributed by atoms with E-state index in [-0.39, 0.29) is 17.4 Å². The molecule has 0 aliphatic carbocycles. The number of benzene rings is 3. The molecule has 168 valence electrons. The lowest BCUT2D eigenvalue weighted by atomic mass is 10.1. The van der Waals surface area contributed by atoms with Crippen molar-refractivity contribution in [3.05, 3.63) is 84.6 Å². The molecule has 0 saturated carbocycles. The highest BCUT2D eigenvalue weighted by molar-refractivity contribution is 7.86. The standard InChI is InChI=1S/C26H25N3O3S/c1-19-6-10-24(11-7-19)33(30,31)32-18-20-13-15-29(17-20)26-27-14-12-25(28-26)23-9-8-21-4-2-3-5-22(21)16-23/h2-12,14,16,20H,13,15,17-18H2,1H3/t20-/m1/s1. The summed E-state index contributed by atoms with van der Waals surface area (Å²) in [5.41, 5.74) is 2.92. The molecule has 1 fully saturated rings. The van der Waals surface area contributed by atoms with Crippen molar-refractivity contribution >= 4 is 26.8 Å². The zero-order valence-electron chi connectivity index (χ0n) is 18.4. The van der Waals surface area contributed by atoms with E-state index in [1.165, 1.54) is 10.8 Å². The van der Waals surface area contributed by atoms with Gasteiger partial charge in [0.05, 0.1) is 17.2 Å². The van der Waals surface area contributed by atoms with Crippen LogP contribution >= 0.6 is 0 Å². The summed E-state index contributed by atoms with van der Waals surface area (Å²) < 4.78 is 30.3. The monoisotopic (exact) mass is 459 g/mol. The molecule has 33 heavy (non-hydrogen) atoms. The van der Waals surface area contributed by atoms with Gasteiger partial charge in [0, 0.05) is 30.8 Å². The van der Waals surface area contributed by atoms with Gasteiger partial charge in [-0.1, -0.05) is 54.1 Å². The third-order valence-corrected chi connectivity index (χ3v) is 7.32. The number of anilines is 1. The summed E-state index contributed by atoms with van der Waals surface area (Å²) in [6.07, 6.45) is 2.60. The average molecular weight is 460 g/mol. The van der Waals surface area contributed by atoms with E-state index in [0.29, 0.717) is 12.5 Å². The molecule has 5 rings (SSSR count). The molecule has 1 aromatic heterocycles. The highest BCUT2D eigenvalue weighted by Crippen LogP contribution is 2.27. The van der Waals surface area contributed by atoms with Crippen molar-refractivity contribution in [1.82, 2.24) is 9.97 Å². The Bertz CT molecular complexity index is 1390. The first-order valence-corrected chi connectivity index (χ1v) is 12.4. The van der Waals surface area contributed by atoms with Gasteiger partial charge in [-0.15, -0.1) is 0 Å². The Balaban J connectivity index is 1.26. The van der Waals surface area contributed by atoms with E-state index in [0.717, 1.165) is 29.8 Å². The number of rotatable bonds is 6. The molecule has 1 saturated heterocycles. The second-order valence-corrected chi connectivity index (χ2v) is 10.1. The molecule has 3 aromatic carbocycles. The van der Waals surface area contributed by atoms with Crippen molar-refractivity contribution in [1.29, 1.82) is 0 Å². The Kier molecular flexibility index (Phi) is 5.83. The normalized spacial score (nSPS) is 16.4. The average Bonchev–Trinajstić information content (AvgIpc) is 3.32. The van der Waals surface area contributed by atoms with Crippen molar-refractivity contribution in [3.63, 3.8) is 0 Å². The Morgan fingerprint density at radius 2 is 1.79 bits per heavy atom. The van der Waals surface area contributed by atoms with Gasteiger partial charge >= 0.3 is 0 Å². The van der Waals surface area contributed by atoms with E-state index in [1.54, 1.807) is 30.5 Å². The molecular formula is C26H25N3O3S. The van der Waals surface area contributed by atoms with Gasteiger partial charge in [-0.25, -0.2) is 9.97 Å². The van der Waals surface area contributed by atoms with E-state index >= 15 is 0 Å². The molecule has 0 unspecified atom stereocenters. The number of nitrogens with zero attached hydrogens (tertiary/aromatic N) is 3. The molecule has 7 heteroatoms. The molecule has 0 amide bonds. The van der Waals surface area contributed by atoms with Crippen LogP contribution in [-0.4, -0.2) is 38.1 Å². The molecule has 1 aliphatic rings. The van der Waals surface area contributed by atoms with Crippen LogP contribution in [0.15, 0.2) is 83.9 Å². The lowest BCUT2D eigenvalue weighted by Crippen LogP contribution is -2.24. The van der Waals surface area contributed by atoms with Gasteiger partial charge in [0.2, 0.25) is 5.95 Å². The summed E-state index contributed by atoms with van der Waals surface area (Å²) in [5.74, 6) is 0.752. The van der Waals surface area contributed by atoms with Gasteiger partial charge in [-0.2, -0.15) is 8.42 Å². The topological polar surface area (TPSA) is 72.4 Å². The second-order valence-electron chi connectivity index (χ2n) is 8.46. The maximum absolute atomic E-state index is 12.5. The number of fused-ring (bicyclic) bond motifs is 1. The van der Waals surface area contributed by atoms with Crippen LogP contribution in [0.4, 0.5) is 5.95 Å². The maximum Gasteiger partial charge on any atom is 0.296 e. The second kappa shape index (κ2) is 8.92. The van der Waals surface area contributed by atoms with Crippen LogP contribution in [0, 0.1) is 12.8 Å². The zero-order chi connectivity index (χ0) is 22.8. The molecule has 0 spiro atoms. The van der Waals surface area contributed by atoms with E-state index in [1.807, 2.05) is 25.1 Å². The molecule has 0 radical (unpaired) electrons. The summed E-state index contributed by atoms with van der Waals surface area (Å²) in [6.45, 7) is 3.49. The van der Waals surface area contributed by atoms with Crippen LogP contribution in [0.5, 0.6) is 0 Å². The largest absolute Gasteiger partial charge is 0.340 e. The van der Waals surface area contributed by atoms with Crippen LogP contribution in [0.3, 0.4) is 0 Å². The smallest absolute Gasteiger partial charge is 0.296 e. The van der Waals surface area contributed by atoms with Crippen molar-refractivity contribution < 1.29 is 12.6 Å². The molecule has 0 bridgehead atoms. The fourth-order valence-electron chi connectivity index (χ4n) is 4.12. The third-order valence-electron chi connectivity index (χ3n) is 6.03. The highest BCUT2D eigenvalue weighted by Gasteiger charge is 2.27. The van der Waals surface area contributed by atoms with Crippen molar-refractivity contribution in [3.8, 4) is 11.3 Å². The minimum absolute atomic E-state index is 0.0955. The first-order chi connectivity index (χ1) is 16.0. The van der Waals surface area contributed by atoms with Crippen molar-refractivity contribution in [2.75, 3.05) is 24.6 Å². The Hall–Kier alpha value is -3.29. The molecule has 1 aliphatic heterocycles. The van der Waals surface area contributed by atoms with Crippen molar-refractivity contribution in [2.45, 2.75) is 18.2 Å². The van der Waals surface area contributed by atoms with Gasteiger partial charge < -0.3 is 4.90 Å². The number of aromatic nitrogens is 2. The van der Waals surface area contributed by atoms with Gasteiger partial charge in [0.25, 0.3) is 10.1 Å². The Morgan fingerprint density at radius 3 is 2.61 bits per heavy atom. The first kappa shape index (κ1) is 21.6. The SMILES string of the molecule is Cc1ccc(S(=O)(=O)OC[C@@H]2CCN(c3nccc(-c4ccc5ccccc5c4)n3)C2)cc1.